The van der Waals surface area contributed by atoms with Crippen LogP contribution in [0.25, 0.3) is 0 Å². The van der Waals surface area contributed by atoms with Gasteiger partial charge < -0.3 is 10.2 Å². The van der Waals surface area contributed by atoms with E-state index >= 15 is 0 Å². The van der Waals surface area contributed by atoms with Crippen molar-refractivity contribution in [3.8, 4) is 0 Å². The van der Waals surface area contributed by atoms with E-state index < -0.39 is 0 Å². The van der Waals surface area contributed by atoms with Gasteiger partial charge in [-0.2, -0.15) is 0 Å². The van der Waals surface area contributed by atoms with E-state index in [4.69, 9.17) is 0 Å². The molecule has 1 heterocycles. The van der Waals surface area contributed by atoms with Gasteiger partial charge in [-0.3, -0.25) is 9.59 Å². The Balaban J connectivity index is 1.93. The molecule has 0 spiro atoms. The van der Waals surface area contributed by atoms with Crippen molar-refractivity contribution in [2.75, 3.05) is 18.0 Å². The summed E-state index contributed by atoms with van der Waals surface area (Å²) in [5.41, 5.74) is 0.638. The summed E-state index contributed by atoms with van der Waals surface area (Å²) < 4.78 is 12.9. The second-order valence-electron chi connectivity index (χ2n) is 5.86. The second-order valence-corrected chi connectivity index (χ2v) is 5.86. The number of benzene rings is 1. The van der Waals surface area contributed by atoms with Crippen molar-refractivity contribution in [2.24, 2.45) is 11.8 Å². The minimum Gasteiger partial charge on any atom is -0.356 e. The predicted molar refractivity (Wildman–Crippen MR) is 79.3 cm³/mol. The van der Waals surface area contributed by atoms with Gasteiger partial charge in [0.15, 0.2) is 0 Å². The minimum absolute atomic E-state index is 0.0754. The molecule has 0 radical (unpaired) electrons. The molecule has 2 rings (SSSR count). The largest absolute Gasteiger partial charge is 0.356 e. The van der Waals surface area contributed by atoms with Crippen molar-refractivity contribution in [3.05, 3.63) is 30.1 Å². The summed E-state index contributed by atoms with van der Waals surface area (Å²) in [7, 11) is 0. The Kier molecular flexibility index (Phi) is 4.94. The number of nitrogens with zero attached hydrogens (tertiary/aromatic N) is 1. The molecule has 0 saturated carbocycles. The first kappa shape index (κ1) is 15.5. The molecule has 0 aliphatic carbocycles. The van der Waals surface area contributed by atoms with E-state index in [1.165, 1.54) is 12.1 Å². The normalized spacial score (nSPS) is 18.4. The van der Waals surface area contributed by atoms with Gasteiger partial charge in [-0.15, -0.1) is 0 Å². The van der Waals surface area contributed by atoms with E-state index in [9.17, 15) is 14.0 Å². The summed E-state index contributed by atoms with van der Waals surface area (Å²) in [5, 5.41) is 2.88. The highest BCUT2D eigenvalue weighted by atomic mass is 19.1. The van der Waals surface area contributed by atoms with Crippen LogP contribution < -0.4 is 10.2 Å². The summed E-state index contributed by atoms with van der Waals surface area (Å²) in [6.07, 6.45) is 1.14. The van der Waals surface area contributed by atoms with Crippen LogP contribution in [0, 0.1) is 17.7 Å². The predicted octanol–water partition coefficient (Wildman–Crippen LogP) is 2.34. The molecule has 1 saturated heterocycles. The fourth-order valence-electron chi connectivity index (χ4n) is 2.38. The molecular formula is C16H21FN2O2. The Labute approximate surface area is 124 Å². The highest BCUT2D eigenvalue weighted by molar-refractivity contribution is 6.00. The molecule has 1 aromatic carbocycles. The van der Waals surface area contributed by atoms with E-state index in [-0.39, 0.29) is 30.0 Å². The summed E-state index contributed by atoms with van der Waals surface area (Å²) in [6, 6.07) is 5.76. The summed E-state index contributed by atoms with van der Waals surface area (Å²) in [4.78, 5) is 25.6. The van der Waals surface area contributed by atoms with Gasteiger partial charge in [0, 0.05) is 25.2 Å². The number of carbonyl (C=O) groups excluding carboxylic acids is 2. The van der Waals surface area contributed by atoms with Crippen molar-refractivity contribution >= 4 is 17.5 Å². The summed E-state index contributed by atoms with van der Waals surface area (Å²) in [5.74, 6) is -0.298. The molecule has 1 aliphatic rings. The van der Waals surface area contributed by atoms with Crippen LogP contribution in [0.3, 0.4) is 0 Å². The molecule has 1 aromatic rings. The second kappa shape index (κ2) is 6.70. The number of halogens is 1. The van der Waals surface area contributed by atoms with Crippen LogP contribution in [-0.4, -0.2) is 24.9 Å². The lowest BCUT2D eigenvalue weighted by atomic mass is 10.1. The maximum atomic E-state index is 12.9. The smallest absolute Gasteiger partial charge is 0.227 e. The molecule has 1 fully saturated rings. The number of rotatable bonds is 5. The average molecular weight is 292 g/mol. The van der Waals surface area contributed by atoms with Crippen LogP contribution in [0.15, 0.2) is 24.3 Å². The number of nitrogens with one attached hydrogen (secondary N) is 1. The average Bonchev–Trinajstić information content (AvgIpc) is 2.81. The topological polar surface area (TPSA) is 49.4 Å². The van der Waals surface area contributed by atoms with E-state index in [1.807, 2.05) is 0 Å². The number of hydrogen-bond acceptors (Lipinski definition) is 2. The van der Waals surface area contributed by atoms with Gasteiger partial charge >= 0.3 is 0 Å². The van der Waals surface area contributed by atoms with E-state index in [2.05, 4.69) is 19.2 Å². The van der Waals surface area contributed by atoms with Gasteiger partial charge in [0.1, 0.15) is 5.82 Å². The quantitative estimate of drug-likeness (QED) is 0.905. The standard InChI is InChI=1S/C16H21FN2O2/c1-11(2)7-8-18-16(21)12-9-15(20)19(10-12)14-5-3-13(17)4-6-14/h3-6,11-12H,7-10H2,1-2H3,(H,18,21)/t12-/m0/s1. The van der Waals surface area contributed by atoms with Gasteiger partial charge in [0.25, 0.3) is 0 Å². The zero-order chi connectivity index (χ0) is 15.4. The third kappa shape index (κ3) is 4.03. The molecule has 1 N–H and O–H groups in total. The van der Waals surface area contributed by atoms with Gasteiger partial charge in [-0.1, -0.05) is 13.8 Å². The highest BCUT2D eigenvalue weighted by Crippen LogP contribution is 2.25. The lowest BCUT2D eigenvalue weighted by molar-refractivity contribution is -0.126. The Morgan fingerprint density at radius 2 is 2.05 bits per heavy atom. The molecule has 21 heavy (non-hydrogen) atoms. The van der Waals surface area contributed by atoms with Crippen molar-refractivity contribution < 1.29 is 14.0 Å². The molecular weight excluding hydrogens is 271 g/mol. The van der Waals surface area contributed by atoms with Gasteiger partial charge in [0.05, 0.1) is 5.92 Å². The van der Waals surface area contributed by atoms with Gasteiger partial charge in [-0.25, -0.2) is 4.39 Å². The SMILES string of the molecule is CC(C)CCNC(=O)[C@H]1CC(=O)N(c2ccc(F)cc2)C1. The zero-order valence-corrected chi connectivity index (χ0v) is 12.4. The lowest BCUT2D eigenvalue weighted by Crippen LogP contribution is -2.33. The number of amides is 2. The number of carbonyl (C=O) groups is 2. The fraction of sp³-hybridized carbons (Fsp3) is 0.500. The zero-order valence-electron chi connectivity index (χ0n) is 12.4. The molecule has 0 aromatic heterocycles. The highest BCUT2D eigenvalue weighted by Gasteiger charge is 2.34. The minimum atomic E-state index is -0.339. The van der Waals surface area contributed by atoms with Gasteiger partial charge in [-0.05, 0) is 36.6 Å². The van der Waals surface area contributed by atoms with E-state index in [0.29, 0.717) is 24.7 Å². The van der Waals surface area contributed by atoms with Crippen LogP contribution in [0.2, 0.25) is 0 Å². The van der Waals surface area contributed by atoms with Crippen LogP contribution in [0.4, 0.5) is 10.1 Å². The maximum absolute atomic E-state index is 12.9. The van der Waals surface area contributed by atoms with Crippen molar-refractivity contribution in [2.45, 2.75) is 26.7 Å². The molecule has 1 atom stereocenters. The van der Waals surface area contributed by atoms with Crippen molar-refractivity contribution in [1.29, 1.82) is 0 Å². The van der Waals surface area contributed by atoms with E-state index in [0.717, 1.165) is 6.42 Å². The molecule has 0 unspecified atom stereocenters. The van der Waals surface area contributed by atoms with Crippen LogP contribution in [0.1, 0.15) is 26.7 Å². The first-order valence-corrected chi connectivity index (χ1v) is 7.31. The fourth-order valence-corrected chi connectivity index (χ4v) is 2.38. The summed E-state index contributed by atoms with van der Waals surface area (Å²) in [6.45, 7) is 5.19. The van der Waals surface area contributed by atoms with Crippen LogP contribution in [0.5, 0.6) is 0 Å². The molecule has 2 amide bonds. The van der Waals surface area contributed by atoms with Crippen molar-refractivity contribution in [3.63, 3.8) is 0 Å². The van der Waals surface area contributed by atoms with Crippen LogP contribution in [-0.2, 0) is 9.59 Å². The molecule has 0 bridgehead atoms. The number of hydrogen-bond donors (Lipinski definition) is 1. The Morgan fingerprint density at radius 1 is 1.38 bits per heavy atom. The molecule has 1 aliphatic heterocycles. The van der Waals surface area contributed by atoms with Crippen LogP contribution >= 0.6 is 0 Å². The molecule has 114 valence electrons. The first-order chi connectivity index (χ1) is 9.97. The van der Waals surface area contributed by atoms with Gasteiger partial charge in [0.2, 0.25) is 11.8 Å². The lowest BCUT2D eigenvalue weighted by Gasteiger charge is -2.16. The number of anilines is 1. The monoisotopic (exact) mass is 292 g/mol. The summed E-state index contributed by atoms with van der Waals surface area (Å²) >= 11 is 0. The third-order valence-corrected chi connectivity index (χ3v) is 3.66. The Hall–Kier alpha value is -1.91. The molecule has 4 nitrogen and oxygen atoms in total. The third-order valence-electron chi connectivity index (χ3n) is 3.66. The Bertz CT molecular complexity index is 514. The van der Waals surface area contributed by atoms with E-state index in [1.54, 1.807) is 17.0 Å². The Morgan fingerprint density at radius 3 is 2.67 bits per heavy atom. The molecule has 5 heteroatoms. The maximum Gasteiger partial charge on any atom is 0.227 e. The van der Waals surface area contributed by atoms with Crippen molar-refractivity contribution in [1.82, 2.24) is 5.32 Å². The first-order valence-electron chi connectivity index (χ1n) is 7.31.